The first-order valence-corrected chi connectivity index (χ1v) is 16.7. The molecule has 0 fully saturated rings. The van der Waals surface area contributed by atoms with Crippen molar-refractivity contribution in [3.05, 3.63) is 30.3 Å². The first-order valence-electron chi connectivity index (χ1n) is 3.70. The molecule has 4 heterocycles. The Labute approximate surface area is 78.8 Å². The number of hydrogen-bond acceptors (Lipinski definition) is 0. The van der Waals surface area contributed by atoms with Gasteiger partial charge in [-0.1, -0.05) is 18.2 Å². The van der Waals surface area contributed by atoms with Crippen LogP contribution in [-0.2, 0) is 0 Å². The number of halogens is 1. The van der Waals surface area contributed by atoms with E-state index >= 15 is 0 Å². The molecule has 5 rings (SSSR count). The van der Waals surface area contributed by atoms with Gasteiger partial charge in [-0.15, -0.1) is 0 Å². The van der Waals surface area contributed by atoms with Crippen LogP contribution in [0.4, 0.5) is 0 Å². The van der Waals surface area contributed by atoms with Crippen LogP contribution in [0.25, 0.3) is 0 Å². The second-order valence-electron chi connectivity index (χ2n) is 2.93. The summed E-state index contributed by atoms with van der Waals surface area (Å²) in [4.78, 5) is 0. The SMILES string of the molecule is Cl[P+]1(c2ccccc2)p2p3p1p23. The Morgan fingerprint density at radius 2 is 1.58 bits per heavy atom. The summed E-state index contributed by atoms with van der Waals surface area (Å²) in [5.74, 6) is -0.893. The number of rotatable bonds is 1. The second-order valence-corrected chi connectivity index (χ2v) is 39.9. The minimum atomic E-state index is -0.893. The van der Waals surface area contributed by atoms with E-state index in [0.29, 0.717) is 13.2 Å². The molecular formula is C6H5ClP5+. The highest BCUT2D eigenvalue weighted by Crippen LogP contribution is 3.43. The van der Waals surface area contributed by atoms with Gasteiger partial charge in [0.15, 0.2) is 0 Å². The van der Waals surface area contributed by atoms with E-state index in [2.05, 4.69) is 30.3 Å². The second kappa shape index (κ2) is 2.05. The van der Waals surface area contributed by atoms with Gasteiger partial charge in [-0.05, 0) is 12.1 Å². The molecule has 1 aromatic carbocycles. The van der Waals surface area contributed by atoms with Crippen molar-refractivity contribution in [3.63, 3.8) is 0 Å². The van der Waals surface area contributed by atoms with Gasteiger partial charge >= 0.3 is 0 Å². The molecule has 0 nitrogen and oxygen atoms in total. The van der Waals surface area contributed by atoms with Crippen molar-refractivity contribution in [2.24, 2.45) is 0 Å². The molecule has 2 aliphatic rings. The topological polar surface area (TPSA) is 0 Å². The fourth-order valence-electron chi connectivity index (χ4n) is 1.58. The lowest BCUT2D eigenvalue weighted by molar-refractivity contribution is 1.78. The Kier molecular flexibility index (Phi) is 1.27. The molecule has 0 atom stereocenters. The van der Waals surface area contributed by atoms with Crippen molar-refractivity contribution < 1.29 is 0 Å². The van der Waals surface area contributed by atoms with Gasteiger partial charge < -0.3 is 0 Å². The van der Waals surface area contributed by atoms with Gasteiger partial charge in [-0.2, -0.15) is 0 Å². The summed E-state index contributed by atoms with van der Waals surface area (Å²) in [5.41, 5.74) is 0. The van der Waals surface area contributed by atoms with E-state index in [1.807, 2.05) is 0 Å². The lowest BCUT2D eigenvalue weighted by Crippen LogP contribution is -1.98. The van der Waals surface area contributed by atoms with Gasteiger partial charge in [0.25, 0.3) is 0 Å². The summed E-state index contributed by atoms with van der Waals surface area (Å²) in [6.45, 7) is 1.04. The average molecular weight is 267 g/mol. The third kappa shape index (κ3) is 0.615. The van der Waals surface area contributed by atoms with Crippen LogP contribution in [0.5, 0.6) is 0 Å². The summed E-state index contributed by atoms with van der Waals surface area (Å²) in [5, 5.41) is 1.55. The quantitative estimate of drug-likeness (QED) is 0.485. The van der Waals surface area contributed by atoms with Gasteiger partial charge in [0, 0.05) is 0 Å². The molecule has 3 aromatic rings. The molecule has 0 aliphatic carbocycles. The molecular weight excluding hydrogens is 262 g/mol. The van der Waals surface area contributed by atoms with Crippen molar-refractivity contribution in [3.8, 4) is 0 Å². The predicted octanol–water partition coefficient (Wildman–Crippen LogP) is 5.86. The maximum Gasteiger partial charge on any atom is 0.246 e. The smallest absolute Gasteiger partial charge is 0.0620 e. The molecule has 2 aliphatic heterocycles. The van der Waals surface area contributed by atoms with Gasteiger partial charge in [0.1, 0.15) is 29.7 Å². The Morgan fingerprint density at radius 1 is 1.00 bits per heavy atom. The van der Waals surface area contributed by atoms with Crippen LogP contribution in [0.3, 0.4) is 0 Å². The highest BCUT2D eigenvalue weighted by molar-refractivity contribution is 9.45. The van der Waals surface area contributed by atoms with Crippen molar-refractivity contribution in [2.75, 3.05) is 0 Å². The van der Waals surface area contributed by atoms with Crippen molar-refractivity contribution in [1.82, 2.24) is 0 Å². The molecule has 0 N–H and O–H groups in total. The minimum Gasteiger partial charge on any atom is -0.0620 e. The fraction of sp³-hybridized carbons (Fsp3) is 0. The zero-order valence-electron chi connectivity index (χ0n) is 6.00. The van der Waals surface area contributed by atoms with Gasteiger partial charge in [0.05, 0.1) is 12.7 Å². The molecule has 0 saturated heterocycles. The van der Waals surface area contributed by atoms with Crippen LogP contribution < -0.4 is 5.30 Å². The molecule has 0 unspecified atom stereocenters. The lowest BCUT2D eigenvalue weighted by atomic mass is 10.4. The molecule has 0 spiro atoms. The van der Waals surface area contributed by atoms with Crippen LogP contribution in [0.1, 0.15) is 0 Å². The molecule has 0 radical (unpaired) electrons. The average Bonchev–Trinajstić information content (AvgIpc) is 2.90. The molecule has 6 heteroatoms. The Bertz CT molecular complexity index is 493. The largest absolute Gasteiger partial charge is 0.246 e. The Morgan fingerprint density at radius 3 is 2.08 bits per heavy atom. The summed E-state index contributed by atoms with van der Waals surface area (Å²) in [7, 11) is 0. The van der Waals surface area contributed by atoms with Crippen LogP contribution >= 0.6 is 43.1 Å². The summed E-state index contributed by atoms with van der Waals surface area (Å²) in [6.07, 6.45) is 1.47. The molecule has 0 saturated carbocycles. The summed E-state index contributed by atoms with van der Waals surface area (Å²) < 4.78 is 0. The van der Waals surface area contributed by atoms with Crippen molar-refractivity contribution in [1.29, 1.82) is 0 Å². The Balaban J connectivity index is 1.91. The predicted molar refractivity (Wildman–Crippen MR) is 66.5 cm³/mol. The minimum absolute atomic E-state index is 0.522. The first-order chi connectivity index (χ1) is 5.85. The molecule has 2 bridgehead atoms. The maximum absolute atomic E-state index is 6.76. The van der Waals surface area contributed by atoms with Crippen molar-refractivity contribution >= 4 is 48.4 Å². The molecule has 12 heavy (non-hydrogen) atoms. The van der Waals surface area contributed by atoms with E-state index in [1.165, 1.54) is 0 Å². The monoisotopic (exact) mass is 267 g/mol. The Hall–Kier alpha value is 1.14. The fourth-order valence-corrected chi connectivity index (χ4v) is 147. The third-order valence-corrected chi connectivity index (χ3v) is 82.9. The van der Waals surface area contributed by atoms with Gasteiger partial charge in [0.2, 0.25) is 5.99 Å². The normalized spacial score (nSPS) is 33.1. The molecule has 2 aromatic heterocycles. The van der Waals surface area contributed by atoms with E-state index in [4.69, 9.17) is 11.2 Å². The zero-order valence-corrected chi connectivity index (χ0v) is 11.2. The highest BCUT2D eigenvalue weighted by Gasteiger charge is 2.76. The van der Waals surface area contributed by atoms with Crippen molar-refractivity contribution in [2.45, 2.75) is 0 Å². The summed E-state index contributed by atoms with van der Waals surface area (Å²) >= 11 is 6.76. The molecule has 60 valence electrons. The van der Waals surface area contributed by atoms with Crippen LogP contribution in [0.15, 0.2) is 30.3 Å². The van der Waals surface area contributed by atoms with Gasteiger partial charge in [-0.3, -0.25) is 0 Å². The third-order valence-electron chi connectivity index (χ3n) is 2.30. The van der Waals surface area contributed by atoms with Crippen LogP contribution in [0, 0.1) is 0 Å². The maximum atomic E-state index is 6.76. The zero-order chi connectivity index (χ0) is 7.92. The number of benzene rings is 1. The van der Waals surface area contributed by atoms with E-state index in [9.17, 15) is 0 Å². The van der Waals surface area contributed by atoms with E-state index in [1.54, 1.807) is 5.30 Å². The van der Waals surface area contributed by atoms with Crippen LogP contribution in [0.2, 0.25) is 0 Å². The van der Waals surface area contributed by atoms with E-state index in [0.717, 1.165) is 12.7 Å². The number of hydrogen-bond donors (Lipinski definition) is 0. The first kappa shape index (κ1) is 7.43. The highest BCUT2D eigenvalue weighted by atomic mass is 35.7. The standard InChI is InChI=1S/C6H5ClP5/c7-12(6-4-2-1-3-5-6)10-8-9(10)11(8)12/h1-5H/q+1. The van der Waals surface area contributed by atoms with Crippen LogP contribution in [-0.4, -0.2) is 0 Å². The molecule has 0 amide bonds. The van der Waals surface area contributed by atoms with E-state index in [-0.39, 0.29) is 0 Å². The summed E-state index contributed by atoms with van der Waals surface area (Å²) in [6, 6.07) is 11.0. The van der Waals surface area contributed by atoms with E-state index < -0.39 is 5.99 Å². The van der Waals surface area contributed by atoms with Gasteiger partial charge in [-0.25, -0.2) is 0 Å². The lowest BCUT2D eigenvalue weighted by Gasteiger charge is -2.19.